The molecule has 6 nitrogen and oxygen atoms in total. The summed E-state index contributed by atoms with van der Waals surface area (Å²) < 4.78 is 7.33. The van der Waals surface area contributed by atoms with E-state index in [1.807, 2.05) is 53.6 Å². The molecule has 1 aromatic heterocycles. The largest absolute Gasteiger partial charge is 0.456 e. The minimum atomic E-state index is -0.441. The second-order valence-electron chi connectivity index (χ2n) is 7.07. The Morgan fingerprint density at radius 2 is 1.73 bits per heavy atom. The average molecular weight is 422 g/mol. The van der Waals surface area contributed by atoms with Crippen LogP contribution in [-0.4, -0.2) is 45.7 Å². The summed E-state index contributed by atoms with van der Waals surface area (Å²) in [6.07, 6.45) is 5.59. The van der Waals surface area contributed by atoms with Gasteiger partial charge >= 0.3 is 5.97 Å². The number of imidazole rings is 1. The van der Waals surface area contributed by atoms with E-state index in [0.29, 0.717) is 11.3 Å². The first-order chi connectivity index (χ1) is 14.7. The number of esters is 1. The Hall–Kier alpha value is -3.06. The third kappa shape index (κ3) is 4.26. The van der Waals surface area contributed by atoms with E-state index in [1.165, 1.54) is 11.8 Å². The average Bonchev–Trinajstić information content (AvgIpc) is 3.48. The Morgan fingerprint density at radius 1 is 1.03 bits per heavy atom. The van der Waals surface area contributed by atoms with Crippen molar-refractivity contribution < 1.29 is 14.3 Å². The quantitative estimate of drug-likeness (QED) is 0.441. The summed E-state index contributed by atoms with van der Waals surface area (Å²) in [6, 6.07) is 16.9. The topological polar surface area (TPSA) is 64.4 Å². The predicted octanol–water partition coefficient (Wildman–Crippen LogP) is 4.19. The predicted molar refractivity (Wildman–Crippen MR) is 116 cm³/mol. The first-order valence-electron chi connectivity index (χ1n) is 9.90. The summed E-state index contributed by atoms with van der Waals surface area (Å²) in [6.45, 7) is 1.78. The molecule has 3 aromatic rings. The SMILES string of the molecule is CSc1ncc(C(=O)OCc2ccc(C(=O)N3CCCC3)cc2)n1-c1ccccc1. The minimum Gasteiger partial charge on any atom is -0.456 e. The first-order valence-corrected chi connectivity index (χ1v) is 11.1. The zero-order valence-electron chi connectivity index (χ0n) is 16.8. The van der Waals surface area contributed by atoms with Crippen LogP contribution in [0.25, 0.3) is 5.69 Å². The number of aromatic nitrogens is 2. The number of amides is 1. The van der Waals surface area contributed by atoms with Gasteiger partial charge in [0.15, 0.2) is 10.9 Å². The number of nitrogens with zero attached hydrogens (tertiary/aromatic N) is 3. The normalized spacial score (nSPS) is 13.4. The van der Waals surface area contributed by atoms with Crippen molar-refractivity contribution in [3.8, 4) is 5.69 Å². The highest BCUT2D eigenvalue weighted by Crippen LogP contribution is 2.22. The zero-order chi connectivity index (χ0) is 20.9. The minimum absolute atomic E-state index is 0.0624. The van der Waals surface area contributed by atoms with Gasteiger partial charge in [-0.3, -0.25) is 9.36 Å². The van der Waals surface area contributed by atoms with Crippen LogP contribution in [0.15, 0.2) is 66.0 Å². The molecule has 0 saturated carbocycles. The van der Waals surface area contributed by atoms with Gasteiger partial charge in [-0.05, 0) is 48.9 Å². The fraction of sp³-hybridized carbons (Fsp3) is 0.261. The van der Waals surface area contributed by atoms with Gasteiger partial charge in [-0.25, -0.2) is 9.78 Å². The molecular formula is C23H23N3O3S. The van der Waals surface area contributed by atoms with Gasteiger partial charge < -0.3 is 9.64 Å². The second kappa shape index (κ2) is 9.17. The first kappa shape index (κ1) is 20.2. The molecule has 4 rings (SSSR count). The highest BCUT2D eigenvalue weighted by molar-refractivity contribution is 7.98. The maximum Gasteiger partial charge on any atom is 0.357 e. The molecule has 0 atom stereocenters. The molecule has 1 aliphatic rings. The molecule has 1 amide bonds. The van der Waals surface area contributed by atoms with Gasteiger partial charge in [0.1, 0.15) is 6.61 Å². The molecule has 30 heavy (non-hydrogen) atoms. The van der Waals surface area contributed by atoms with Crippen molar-refractivity contribution >= 4 is 23.6 Å². The number of carbonyl (C=O) groups is 2. The van der Waals surface area contributed by atoms with Crippen LogP contribution in [0.4, 0.5) is 0 Å². The molecule has 0 bridgehead atoms. The third-order valence-corrected chi connectivity index (χ3v) is 5.75. The Labute approximate surface area is 179 Å². The summed E-state index contributed by atoms with van der Waals surface area (Å²) >= 11 is 1.47. The van der Waals surface area contributed by atoms with Crippen LogP contribution in [0, 0.1) is 0 Å². The van der Waals surface area contributed by atoms with Gasteiger partial charge in [-0.2, -0.15) is 0 Å². The van der Waals surface area contributed by atoms with Gasteiger partial charge in [0.05, 0.1) is 6.20 Å². The number of carbonyl (C=O) groups excluding carboxylic acids is 2. The van der Waals surface area contributed by atoms with Crippen LogP contribution in [0.3, 0.4) is 0 Å². The monoisotopic (exact) mass is 421 g/mol. The number of benzene rings is 2. The van der Waals surface area contributed by atoms with E-state index < -0.39 is 5.97 Å². The van der Waals surface area contributed by atoms with Crippen LogP contribution in [0.5, 0.6) is 0 Å². The van der Waals surface area contributed by atoms with E-state index >= 15 is 0 Å². The van der Waals surface area contributed by atoms with Gasteiger partial charge in [0.2, 0.25) is 0 Å². The van der Waals surface area contributed by atoms with E-state index in [4.69, 9.17) is 4.74 Å². The van der Waals surface area contributed by atoms with E-state index in [9.17, 15) is 9.59 Å². The fourth-order valence-corrected chi connectivity index (χ4v) is 4.06. The molecule has 1 saturated heterocycles. The molecule has 0 aliphatic carbocycles. The zero-order valence-corrected chi connectivity index (χ0v) is 17.6. The maximum atomic E-state index is 12.7. The van der Waals surface area contributed by atoms with Crippen LogP contribution in [0.2, 0.25) is 0 Å². The molecule has 154 valence electrons. The molecule has 2 heterocycles. The molecule has 0 radical (unpaired) electrons. The lowest BCUT2D eigenvalue weighted by Gasteiger charge is -2.15. The smallest absolute Gasteiger partial charge is 0.357 e. The lowest BCUT2D eigenvalue weighted by Crippen LogP contribution is -2.27. The summed E-state index contributed by atoms with van der Waals surface area (Å²) in [5, 5.41) is 0.720. The molecule has 0 unspecified atom stereocenters. The fourth-order valence-electron chi connectivity index (χ4n) is 3.52. The van der Waals surface area contributed by atoms with Crippen molar-refractivity contribution in [1.29, 1.82) is 0 Å². The van der Waals surface area contributed by atoms with Gasteiger partial charge in [-0.1, -0.05) is 42.1 Å². The third-order valence-electron chi connectivity index (χ3n) is 5.10. The molecule has 0 spiro atoms. The van der Waals surface area contributed by atoms with Crippen LogP contribution >= 0.6 is 11.8 Å². The van der Waals surface area contributed by atoms with Crippen LogP contribution < -0.4 is 0 Å². The number of thioether (sulfide) groups is 1. The standard InChI is InChI=1S/C23H23N3O3S/c1-30-23-24-15-20(26(23)19-7-3-2-4-8-19)22(28)29-16-17-9-11-18(12-10-17)21(27)25-13-5-6-14-25/h2-4,7-12,15H,5-6,13-14,16H2,1H3. The van der Waals surface area contributed by atoms with E-state index in [-0.39, 0.29) is 12.5 Å². The van der Waals surface area contributed by atoms with Crippen LogP contribution in [0.1, 0.15) is 39.3 Å². The lowest BCUT2D eigenvalue weighted by molar-refractivity contribution is 0.0462. The van der Waals surface area contributed by atoms with Crippen molar-refractivity contribution in [3.63, 3.8) is 0 Å². The number of hydrogen-bond donors (Lipinski definition) is 0. The Bertz CT molecular complexity index is 1030. The number of likely N-dealkylation sites (tertiary alicyclic amines) is 1. The van der Waals surface area contributed by atoms with E-state index in [2.05, 4.69) is 4.98 Å². The van der Waals surface area contributed by atoms with Crippen molar-refractivity contribution in [3.05, 3.63) is 77.6 Å². The summed E-state index contributed by atoms with van der Waals surface area (Å²) in [7, 11) is 0. The van der Waals surface area contributed by atoms with Crippen LogP contribution in [-0.2, 0) is 11.3 Å². The van der Waals surface area contributed by atoms with Crippen molar-refractivity contribution in [2.24, 2.45) is 0 Å². The number of hydrogen-bond acceptors (Lipinski definition) is 5. The van der Waals surface area contributed by atoms with E-state index in [1.54, 1.807) is 22.9 Å². The second-order valence-corrected chi connectivity index (χ2v) is 7.85. The Balaban J connectivity index is 1.44. The number of para-hydroxylation sites is 1. The molecule has 1 aliphatic heterocycles. The molecule has 1 fully saturated rings. The Morgan fingerprint density at radius 3 is 2.40 bits per heavy atom. The van der Waals surface area contributed by atoms with Gasteiger partial charge in [0, 0.05) is 24.3 Å². The van der Waals surface area contributed by atoms with Crippen molar-refractivity contribution in [2.75, 3.05) is 19.3 Å². The van der Waals surface area contributed by atoms with E-state index in [0.717, 1.165) is 42.3 Å². The molecule has 0 N–H and O–H groups in total. The Kier molecular flexibility index (Phi) is 6.18. The number of rotatable bonds is 6. The molecule has 7 heteroatoms. The molecular weight excluding hydrogens is 398 g/mol. The van der Waals surface area contributed by atoms with Gasteiger partial charge in [0.25, 0.3) is 5.91 Å². The van der Waals surface area contributed by atoms with Crippen molar-refractivity contribution in [1.82, 2.24) is 14.5 Å². The maximum absolute atomic E-state index is 12.7. The summed E-state index contributed by atoms with van der Waals surface area (Å²) in [4.78, 5) is 31.4. The van der Waals surface area contributed by atoms with Crippen molar-refractivity contribution in [2.45, 2.75) is 24.6 Å². The lowest BCUT2D eigenvalue weighted by atomic mass is 10.1. The highest BCUT2D eigenvalue weighted by Gasteiger charge is 2.20. The van der Waals surface area contributed by atoms with Gasteiger partial charge in [-0.15, -0.1) is 0 Å². The number of ether oxygens (including phenoxy) is 1. The summed E-state index contributed by atoms with van der Waals surface area (Å²) in [5.41, 5.74) is 2.73. The summed E-state index contributed by atoms with van der Waals surface area (Å²) in [5.74, 6) is -0.378. The highest BCUT2D eigenvalue weighted by atomic mass is 32.2. The molecule has 2 aromatic carbocycles.